The van der Waals surface area contributed by atoms with E-state index in [1.807, 2.05) is 30.3 Å². The Morgan fingerprint density at radius 3 is 2.34 bits per heavy atom. The number of methoxy groups -OCH3 is 3. The average molecular weight is 555 g/mol. The van der Waals surface area contributed by atoms with Crippen molar-refractivity contribution in [1.82, 2.24) is 10.6 Å². The standard InChI is InChI=1S/C24H33N3O4.HI/c1-24(2)15-19(17-9-7-8-10-20(17)31-24)27-23(25-3)26-12-11-18-21(29-5)13-16(28-4)14-22(18)30-6;/h7-10,13-14,19H,11-12,15H2,1-6H3,(H2,25,26,27);1H. The third-order valence-electron chi connectivity index (χ3n) is 5.40. The first kappa shape index (κ1) is 25.9. The molecule has 2 aromatic rings. The van der Waals surface area contributed by atoms with Gasteiger partial charge in [-0.3, -0.25) is 4.99 Å². The lowest BCUT2D eigenvalue weighted by Crippen LogP contribution is -2.45. The molecule has 0 amide bonds. The number of halogens is 1. The van der Waals surface area contributed by atoms with E-state index in [1.165, 1.54) is 0 Å². The zero-order chi connectivity index (χ0) is 22.4. The minimum atomic E-state index is -0.255. The van der Waals surface area contributed by atoms with Gasteiger partial charge in [-0.05, 0) is 26.3 Å². The van der Waals surface area contributed by atoms with Gasteiger partial charge in [-0.1, -0.05) is 18.2 Å². The van der Waals surface area contributed by atoms with Gasteiger partial charge in [0, 0.05) is 43.3 Å². The number of aliphatic imine (C=N–C) groups is 1. The monoisotopic (exact) mass is 555 g/mol. The molecule has 3 rings (SSSR count). The van der Waals surface area contributed by atoms with Crippen LogP contribution in [0.5, 0.6) is 23.0 Å². The van der Waals surface area contributed by atoms with E-state index in [1.54, 1.807) is 28.4 Å². The van der Waals surface area contributed by atoms with Gasteiger partial charge < -0.3 is 29.6 Å². The second-order valence-corrected chi connectivity index (χ2v) is 8.06. The van der Waals surface area contributed by atoms with E-state index in [0.717, 1.165) is 40.8 Å². The lowest BCUT2D eigenvalue weighted by atomic mass is 9.90. The Morgan fingerprint density at radius 2 is 1.75 bits per heavy atom. The van der Waals surface area contributed by atoms with Crippen molar-refractivity contribution in [3.05, 3.63) is 47.5 Å². The van der Waals surface area contributed by atoms with Crippen LogP contribution in [0.15, 0.2) is 41.4 Å². The number of para-hydroxylation sites is 1. The van der Waals surface area contributed by atoms with Gasteiger partial charge in [0.15, 0.2) is 5.96 Å². The molecule has 2 N–H and O–H groups in total. The lowest BCUT2D eigenvalue weighted by molar-refractivity contribution is 0.0694. The van der Waals surface area contributed by atoms with Gasteiger partial charge >= 0.3 is 0 Å². The molecule has 0 aromatic heterocycles. The van der Waals surface area contributed by atoms with Crippen molar-refractivity contribution in [3.63, 3.8) is 0 Å². The lowest BCUT2D eigenvalue weighted by Gasteiger charge is -2.38. The summed E-state index contributed by atoms with van der Waals surface area (Å²) in [6, 6.07) is 12.0. The summed E-state index contributed by atoms with van der Waals surface area (Å²) in [6.45, 7) is 4.87. The van der Waals surface area contributed by atoms with Gasteiger partial charge in [-0.2, -0.15) is 0 Å². The van der Waals surface area contributed by atoms with Crippen LogP contribution >= 0.6 is 24.0 Å². The highest BCUT2D eigenvalue weighted by Crippen LogP contribution is 2.39. The maximum atomic E-state index is 6.14. The van der Waals surface area contributed by atoms with Crippen molar-refractivity contribution < 1.29 is 18.9 Å². The first-order valence-electron chi connectivity index (χ1n) is 10.4. The van der Waals surface area contributed by atoms with Crippen molar-refractivity contribution in [1.29, 1.82) is 0 Å². The molecule has 0 radical (unpaired) electrons. The number of nitrogens with zero attached hydrogens (tertiary/aromatic N) is 1. The zero-order valence-electron chi connectivity index (χ0n) is 19.7. The highest BCUT2D eigenvalue weighted by atomic mass is 127. The minimum Gasteiger partial charge on any atom is -0.496 e. The van der Waals surface area contributed by atoms with Crippen LogP contribution in [0.4, 0.5) is 0 Å². The van der Waals surface area contributed by atoms with Gasteiger partial charge in [0.1, 0.15) is 28.6 Å². The fourth-order valence-electron chi connectivity index (χ4n) is 3.92. The first-order valence-corrected chi connectivity index (χ1v) is 10.4. The summed E-state index contributed by atoms with van der Waals surface area (Å²) in [5, 5.41) is 6.97. The second kappa shape index (κ2) is 11.5. The maximum absolute atomic E-state index is 6.14. The highest BCUT2D eigenvalue weighted by molar-refractivity contribution is 14.0. The largest absolute Gasteiger partial charge is 0.496 e. The van der Waals surface area contributed by atoms with Gasteiger partial charge in [0.2, 0.25) is 0 Å². The van der Waals surface area contributed by atoms with Crippen LogP contribution in [0.1, 0.15) is 37.4 Å². The number of fused-ring (bicyclic) bond motifs is 1. The SMILES string of the molecule is CN=C(NCCc1c(OC)cc(OC)cc1OC)NC1CC(C)(C)Oc2ccccc21.I. The summed E-state index contributed by atoms with van der Waals surface area (Å²) in [7, 11) is 6.70. The smallest absolute Gasteiger partial charge is 0.191 e. The number of nitrogens with one attached hydrogen (secondary N) is 2. The second-order valence-electron chi connectivity index (χ2n) is 8.06. The fourth-order valence-corrected chi connectivity index (χ4v) is 3.92. The maximum Gasteiger partial charge on any atom is 0.191 e. The van der Waals surface area contributed by atoms with Gasteiger partial charge in [-0.15, -0.1) is 24.0 Å². The molecule has 1 aliphatic heterocycles. The number of guanidine groups is 1. The Hall–Kier alpha value is -2.36. The summed E-state index contributed by atoms with van der Waals surface area (Å²) < 4.78 is 22.6. The van der Waals surface area contributed by atoms with Crippen LogP contribution in [-0.2, 0) is 6.42 Å². The molecule has 176 valence electrons. The zero-order valence-corrected chi connectivity index (χ0v) is 22.0. The van der Waals surface area contributed by atoms with Crippen LogP contribution in [0.25, 0.3) is 0 Å². The van der Waals surface area contributed by atoms with E-state index in [0.29, 0.717) is 18.7 Å². The van der Waals surface area contributed by atoms with Crippen molar-refractivity contribution in [2.75, 3.05) is 34.9 Å². The Balaban J connectivity index is 0.00000363. The first-order chi connectivity index (χ1) is 14.9. The van der Waals surface area contributed by atoms with E-state index in [2.05, 4.69) is 35.5 Å². The van der Waals surface area contributed by atoms with Crippen LogP contribution in [0, 0.1) is 0 Å². The molecule has 1 unspecified atom stereocenters. The van der Waals surface area contributed by atoms with Gasteiger partial charge in [-0.25, -0.2) is 0 Å². The van der Waals surface area contributed by atoms with Crippen molar-refractivity contribution in [3.8, 4) is 23.0 Å². The highest BCUT2D eigenvalue weighted by Gasteiger charge is 2.33. The Labute approximate surface area is 207 Å². The third kappa shape index (κ3) is 6.11. The molecule has 0 saturated carbocycles. The van der Waals surface area contributed by atoms with E-state index in [-0.39, 0.29) is 35.6 Å². The number of benzene rings is 2. The van der Waals surface area contributed by atoms with Crippen LogP contribution in [-0.4, -0.2) is 46.5 Å². The normalized spacial score (nSPS) is 16.7. The molecule has 0 aliphatic carbocycles. The molecule has 7 nitrogen and oxygen atoms in total. The predicted molar refractivity (Wildman–Crippen MR) is 138 cm³/mol. The molecule has 2 aromatic carbocycles. The molecule has 8 heteroatoms. The van der Waals surface area contributed by atoms with Crippen molar-refractivity contribution in [2.24, 2.45) is 4.99 Å². The van der Waals surface area contributed by atoms with E-state index in [9.17, 15) is 0 Å². The van der Waals surface area contributed by atoms with Gasteiger partial charge in [0.05, 0.1) is 27.4 Å². The molecule has 1 heterocycles. The molecule has 0 bridgehead atoms. The molecular formula is C24H34IN3O4. The molecule has 0 fully saturated rings. The number of ether oxygens (including phenoxy) is 4. The molecule has 0 saturated heterocycles. The fraction of sp³-hybridized carbons (Fsp3) is 0.458. The molecule has 32 heavy (non-hydrogen) atoms. The molecular weight excluding hydrogens is 521 g/mol. The Bertz CT molecular complexity index is 908. The van der Waals surface area contributed by atoms with E-state index in [4.69, 9.17) is 18.9 Å². The summed E-state index contributed by atoms with van der Waals surface area (Å²) >= 11 is 0. The summed E-state index contributed by atoms with van der Waals surface area (Å²) in [5.74, 6) is 3.83. The van der Waals surface area contributed by atoms with Crippen LogP contribution < -0.4 is 29.6 Å². The summed E-state index contributed by atoms with van der Waals surface area (Å²) in [6.07, 6.45) is 1.54. The molecule has 0 spiro atoms. The van der Waals surface area contributed by atoms with Crippen LogP contribution in [0.2, 0.25) is 0 Å². The van der Waals surface area contributed by atoms with E-state index < -0.39 is 0 Å². The van der Waals surface area contributed by atoms with Crippen LogP contribution in [0.3, 0.4) is 0 Å². The van der Waals surface area contributed by atoms with Crippen molar-refractivity contribution >= 4 is 29.9 Å². The number of hydrogen-bond acceptors (Lipinski definition) is 5. The third-order valence-corrected chi connectivity index (χ3v) is 5.40. The van der Waals surface area contributed by atoms with Crippen molar-refractivity contribution in [2.45, 2.75) is 38.3 Å². The summed E-state index contributed by atoms with van der Waals surface area (Å²) in [4.78, 5) is 4.42. The summed E-state index contributed by atoms with van der Waals surface area (Å²) in [5.41, 5.74) is 1.86. The topological polar surface area (TPSA) is 73.3 Å². The Kier molecular flexibility index (Phi) is 9.30. The number of rotatable bonds is 7. The predicted octanol–water partition coefficient (Wildman–Crippen LogP) is 4.34. The Morgan fingerprint density at radius 1 is 1.09 bits per heavy atom. The molecule has 1 aliphatic rings. The van der Waals surface area contributed by atoms with Gasteiger partial charge in [0.25, 0.3) is 0 Å². The van der Waals surface area contributed by atoms with E-state index >= 15 is 0 Å². The molecule has 1 atom stereocenters. The number of hydrogen-bond donors (Lipinski definition) is 2. The minimum absolute atomic E-state index is 0. The quantitative estimate of drug-likeness (QED) is 0.301. The average Bonchev–Trinajstić information content (AvgIpc) is 2.77.